The number of hydrogen-bond acceptors (Lipinski definition) is 5. The van der Waals surface area contributed by atoms with Crippen molar-refractivity contribution in [2.24, 2.45) is 0 Å². The monoisotopic (exact) mass is 210 g/mol. The average molecular weight is 210 g/mol. The maximum Gasteiger partial charge on any atom is 0.240 e. The smallest absolute Gasteiger partial charge is 0.240 e. The molecule has 1 aliphatic rings. The van der Waals surface area contributed by atoms with E-state index >= 15 is 0 Å². The average Bonchev–Trinajstić information content (AvgIpc) is 2.68. The van der Waals surface area contributed by atoms with E-state index in [1.165, 1.54) is 0 Å². The molecule has 0 radical (unpaired) electrons. The van der Waals surface area contributed by atoms with Crippen LogP contribution in [0.2, 0.25) is 0 Å². The molecule has 2 rings (SSSR count). The molecule has 84 valence electrons. The van der Waals surface area contributed by atoms with Crippen molar-refractivity contribution in [3.63, 3.8) is 0 Å². The van der Waals surface area contributed by atoms with Crippen LogP contribution in [-0.4, -0.2) is 41.2 Å². The lowest BCUT2D eigenvalue weighted by Crippen LogP contribution is -2.42. The van der Waals surface area contributed by atoms with Crippen LogP contribution in [-0.2, 0) is 6.54 Å². The lowest BCUT2D eigenvalue weighted by molar-refractivity contribution is 0.203. The number of nitrogens with one attached hydrogen (secondary N) is 1. The Hall–Kier alpha value is -0.940. The molecule has 1 aromatic heterocycles. The largest absolute Gasteiger partial charge is 0.338 e. The van der Waals surface area contributed by atoms with Crippen molar-refractivity contribution in [3.8, 4) is 0 Å². The van der Waals surface area contributed by atoms with Gasteiger partial charge in [0, 0.05) is 32.1 Å². The van der Waals surface area contributed by atoms with Crippen LogP contribution in [0.1, 0.15) is 31.5 Å². The molecule has 1 aromatic rings. The second kappa shape index (κ2) is 4.72. The van der Waals surface area contributed by atoms with Gasteiger partial charge in [0.25, 0.3) is 0 Å². The molecule has 0 aliphatic carbocycles. The summed E-state index contributed by atoms with van der Waals surface area (Å²) in [5.41, 5.74) is 0. The molecule has 5 heteroatoms. The van der Waals surface area contributed by atoms with E-state index in [4.69, 9.17) is 4.52 Å². The zero-order valence-corrected chi connectivity index (χ0v) is 9.36. The van der Waals surface area contributed by atoms with Crippen LogP contribution in [0.4, 0.5) is 0 Å². The number of nitrogens with zero attached hydrogens (tertiary/aromatic N) is 3. The van der Waals surface area contributed by atoms with E-state index in [9.17, 15) is 0 Å². The highest BCUT2D eigenvalue weighted by atomic mass is 16.5. The van der Waals surface area contributed by atoms with Gasteiger partial charge in [0.1, 0.15) is 0 Å². The first kappa shape index (κ1) is 10.6. The second-order valence-electron chi connectivity index (χ2n) is 4.23. The summed E-state index contributed by atoms with van der Waals surface area (Å²) in [7, 11) is 0. The van der Waals surface area contributed by atoms with Gasteiger partial charge >= 0.3 is 0 Å². The molecule has 0 aromatic carbocycles. The van der Waals surface area contributed by atoms with Gasteiger partial charge in [-0.3, -0.25) is 4.90 Å². The Kier molecular flexibility index (Phi) is 3.33. The fourth-order valence-electron chi connectivity index (χ4n) is 1.63. The molecule has 0 unspecified atom stereocenters. The van der Waals surface area contributed by atoms with Crippen molar-refractivity contribution in [1.82, 2.24) is 20.4 Å². The zero-order chi connectivity index (χ0) is 10.7. The highest BCUT2D eigenvalue weighted by molar-refractivity contribution is 4.91. The van der Waals surface area contributed by atoms with Crippen molar-refractivity contribution in [2.45, 2.75) is 26.3 Å². The fraction of sp³-hybridized carbons (Fsp3) is 0.800. The van der Waals surface area contributed by atoms with Gasteiger partial charge in [0.2, 0.25) is 5.89 Å². The quantitative estimate of drug-likeness (QED) is 0.791. The number of piperazine rings is 1. The minimum atomic E-state index is 0.338. The van der Waals surface area contributed by atoms with Gasteiger partial charge in [-0.15, -0.1) is 0 Å². The third-order valence-corrected chi connectivity index (χ3v) is 2.57. The summed E-state index contributed by atoms with van der Waals surface area (Å²) in [6, 6.07) is 0. The van der Waals surface area contributed by atoms with Crippen LogP contribution in [0.25, 0.3) is 0 Å². The summed E-state index contributed by atoms with van der Waals surface area (Å²) in [5.74, 6) is 1.88. The lowest BCUT2D eigenvalue weighted by atomic mass is 10.2. The number of rotatable bonds is 3. The molecular weight excluding hydrogens is 192 g/mol. The first-order valence-corrected chi connectivity index (χ1v) is 5.51. The van der Waals surface area contributed by atoms with Crippen LogP contribution in [0.3, 0.4) is 0 Å². The van der Waals surface area contributed by atoms with Crippen LogP contribution >= 0.6 is 0 Å². The number of hydrogen-bond donors (Lipinski definition) is 1. The molecule has 1 aliphatic heterocycles. The van der Waals surface area contributed by atoms with Crippen molar-refractivity contribution in [1.29, 1.82) is 0 Å². The SMILES string of the molecule is CC(C)c1noc(CN2CCNCC2)n1. The maximum atomic E-state index is 5.21. The van der Waals surface area contributed by atoms with Gasteiger partial charge in [-0.25, -0.2) is 0 Å². The number of aromatic nitrogens is 2. The molecule has 0 amide bonds. The zero-order valence-electron chi connectivity index (χ0n) is 9.36. The Labute approximate surface area is 89.8 Å². The van der Waals surface area contributed by atoms with E-state index in [0.29, 0.717) is 5.92 Å². The molecule has 0 saturated carbocycles. The molecule has 2 heterocycles. The third kappa shape index (κ3) is 2.76. The summed E-state index contributed by atoms with van der Waals surface area (Å²) >= 11 is 0. The summed E-state index contributed by atoms with van der Waals surface area (Å²) in [4.78, 5) is 6.69. The predicted molar refractivity (Wildman–Crippen MR) is 56.5 cm³/mol. The summed E-state index contributed by atoms with van der Waals surface area (Å²) in [6.07, 6.45) is 0. The van der Waals surface area contributed by atoms with Gasteiger partial charge < -0.3 is 9.84 Å². The van der Waals surface area contributed by atoms with Crippen LogP contribution < -0.4 is 5.32 Å². The van der Waals surface area contributed by atoms with Crippen molar-refractivity contribution < 1.29 is 4.52 Å². The second-order valence-corrected chi connectivity index (χ2v) is 4.23. The first-order valence-electron chi connectivity index (χ1n) is 5.51. The molecular formula is C10H18N4O. The van der Waals surface area contributed by atoms with E-state index in [2.05, 4.69) is 34.2 Å². The van der Waals surface area contributed by atoms with Gasteiger partial charge in [-0.2, -0.15) is 4.98 Å². The minimum absolute atomic E-state index is 0.338. The standard InChI is InChI=1S/C10H18N4O/c1-8(2)10-12-9(15-13-10)7-14-5-3-11-4-6-14/h8,11H,3-7H2,1-2H3. The summed E-state index contributed by atoms with van der Waals surface area (Å²) in [6.45, 7) is 9.12. The molecule has 0 bridgehead atoms. The van der Waals surface area contributed by atoms with Crippen molar-refractivity contribution in [3.05, 3.63) is 11.7 Å². The van der Waals surface area contributed by atoms with Crippen molar-refractivity contribution in [2.75, 3.05) is 26.2 Å². The Balaban J connectivity index is 1.91. The van der Waals surface area contributed by atoms with Gasteiger partial charge in [0.15, 0.2) is 5.82 Å². The van der Waals surface area contributed by atoms with E-state index in [0.717, 1.165) is 44.4 Å². The Morgan fingerprint density at radius 2 is 2.13 bits per heavy atom. The van der Waals surface area contributed by atoms with E-state index in [1.54, 1.807) is 0 Å². The maximum absolute atomic E-state index is 5.21. The molecule has 5 nitrogen and oxygen atoms in total. The van der Waals surface area contributed by atoms with Crippen LogP contribution in [0.5, 0.6) is 0 Å². The molecule has 0 atom stereocenters. The summed E-state index contributed by atoms with van der Waals surface area (Å²) < 4.78 is 5.21. The van der Waals surface area contributed by atoms with Gasteiger partial charge in [-0.1, -0.05) is 19.0 Å². The van der Waals surface area contributed by atoms with Gasteiger partial charge in [-0.05, 0) is 0 Å². The van der Waals surface area contributed by atoms with E-state index in [-0.39, 0.29) is 0 Å². The van der Waals surface area contributed by atoms with Crippen LogP contribution in [0.15, 0.2) is 4.52 Å². The topological polar surface area (TPSA) is 54.2 Å². The lowest BCUT2D eigenvalue weighted by Gasteiger charge is -2.25. The van der Waals surface area contributed by atoms with E-state index in [1.807, 2.05) is 0 Å². The Bertz CT molecular complexity index is 304. The first-order chi connectivity index (χ1) is 7.25. The predicted octanol–water partition coefficient (Wildman–Crippen LogP) is 0.598. The van der Waals surface area contributed by atoms with E-state index < -0.39 is 0 Å². The van der Waals surface area contributed by atoms with Crippen molar-refractivity contribution >= 4 is 0 Å². The molecule has 1 N–H and O–H groups in total. The Morgan fingerprint density at radius 3 is 2.73 bits per heavy atom. The molecule has 1 saturated heterocycles. The van der Waals surface area contributed by atoms with Gasteiger partial charge in [0.05, 0.1) is 6.54 Å². The minimum Gasteiger partial charge on any atom is -0.338 e. The molecule has 0 spiro atoms. The highest BCUT2D eigenvalue weighted by Crippen LogP contribution is 2.11. The normalized spacial score (nSPS) is 18.6. The molecule has 15 heavy (non-hydrogen) atoms. The fourth-order valence-corrected chi connectivity index (χ4v) is 1.63. The third-order valence-electron chi connectivity index (χ3n) is 2.57. The summed E-state index contributed by atoms with van der Waals surface area (Å²) in [5, 5.41) is 7.27. The van der Waals surface area contributed by atoms with Crippen LogP contribution in [0, 0.1) is 0 Å². The Morgan fingerprint density at radius 1 is 1.40 bits per heavy atom. The molecule has 1 fully saturated rings. The highest BCUT2D eigenvalue weighted by Gasteiger charge is 2.15.